The van der Waals surface area contributed by atoms with Crippen molar-refractivity contribution in [2.45, 2.75) is 18.8 Å². The number of rotatable bonds is 2. The van der Waals surface area contributed by atoms with Gasteiger partial charge in [-0.25, -0.2) is 9.31 Å². The summed E-state index contributed by atoms with van der Waals surface area (Å²) < 4.78 is 1.52. The molecule has 0 saturated carbocycles. The van der Waals surface area contributed by atoms with Crippen LogP contribution in [-0.4, -0.2) is 32.5 Å². The van der Waals surface area contributed by atoms with Gasteiger partial charge in [0.15, 0.2) is 0 Å². The molecule has 1 fully saturated rings. The number of fused-ring (bicyclic) bond motifs is 1. The van der Waals surface area contributed by atoms with Crippen molar-refractivity contribution >= 4 is 23.3 Å². The molecule has 3 heterocycles. The molecule has 0 aliphatic carbocycles. The number of nitrogens with one attached hydrogen (secondary N) is 1. The molecule has 1 aliphatic heterocycles. The van der Waals surface area contributed by atoms with Gasteiger partial charge in [0, 0.05) is 12.6 Å². The number of pyridine rings is 1. The van der Waals surface area contributed by atoms with Crippen LogP contribution in [0.25, 0.3) is 5.52 Å². The van der Waals surface area contributed by atoms with Gasteiger partial charge in [-0.2, -0.15) is 5.10 Å². The van der Waals surface area contributed by atoms with Gasteiger partial charge in [0.25, 0.3) is 0 Å². The molecule has 7 nitrogen and oxygen atoms in total. The monoisotopic (exact) mass is 273 g/mol. The Morgan fingerprint density at radius 1 is 1.40 bits per heavy atom. The lowest BCUT2D eigenvalue weighted by Crippen LogP contribution is -2.39. The number of hydrogen-bond acceptors (Lipinski definition) is 4. The van der Waals surface area contributed by atoms with Crippen molar-refractivity contribution in [3.8, 4) is 0 Å². The van der Waals surface area contributed by atoms with Gasteiger partial charge < -0.3 is 5.11 Å². The molecule has 2 N–H and O–H groups in total. The maximum absolute atomic E-state index is 11.8. The first kappa shape index (κ1) is 12.3. The van der Waals surface area contributed by atoms with Crippen LogP contribution in [0.1, 0.15) is 34.8 Å². The minimum absolute atomic E-state index is 0.159. The van der Waals surface area contributed by atoms with Crippen LogP contribution in [0.4, 0.5) is 0 Å². The molecule has 102 valence electrons. The Morgan fingerprint density at radius 3 is 2.90 bits per heavy atom. The molecule has 1 atom stereocenters. The Labute approximate surface area is 113 Å². The predicted octanol–water partition coefficient (Wildman–Crippen LogP) is 0.553. The van der Waals surface area contributed by atoms with Crippen molar-refractivity contribution in [1.82, 2.24) is 14.9 Å². The van der Waals surface area contributed by atoms with E-state index >= 15 is 0 Å². The molecule has 1 saturated heterocycles. The highest BCUT2D eigenvalue weighted by molar-refractivity contribution is 6.00. The summed E-state index contributed by atoms with van der Waals surface area (Å²) in [7, 11) is 0. The van der Waals surface area contributed by atoms with Gasteiger partial charge in [0.2, 0.25) is 11.8 Å². The number of imide groups is 1. The fourth-order valence-corrected chi connectivity index (χ4v) is 2.29. The molecule has 1 aliphatic rings. The summed E-state index contributed by atoms with van der Waals surface area (Å²) in [5.74, 6) is -2.12. The van der Waals surface area contributed by atoms with E-state index in [4.69, 9.17) is 5.11 Å². The van der Waals surface area contributed by atoms with Crippen molar-refractivity contribution in [3.05, 3.63) is 35.7 Å². The Bertz CT molecular complexity index is 734. The third kappa shape index (κ3) is 2.03. The third-order valence-corrected chi connectivity index (χ3v) is 3.33. The average Bonchev–Trinajstić information content (AvgIpc) is 2.80. The average molecular weight is 273 g/mol. The molecule has 7 heteroatoms. The molecule has 0 aromatic carbocycles. The molecule has 3 rings (SSSR count). The van der Waals surface area contributed by atoms with E-state index in [1.54, 1.807) is 6.07 Å². The molecule has 1 unspecified atom stereocenters. The van der Waals surface area contributed by atoms with Gasteiger partial charge in [-0.05, 0) is 24.6 Å². The van der Waals surface area contributed by atoms with Crippen LogP contribution in [0.2, 0.25) is 0 Å². The smallest absolute Gasteiger partial charge is 0.335 e. The first-order valence-corrected chi connectivity index (χ1v) is 6.11. The molecule has 2 aromatic heterocycles. The molecular formula is C13H11N3O4. The summed E-state index contributed by atoms with van der Waals surface area (Å²) in [5.41, 5.74) is 1.30. The van der Waals surface area contributed by atoms with E-state index in [0.717, 1.165) is 0 Å². The van der Waals surface area contributed by atoms with Crippen LogP contribution >= 0.6 is 0 Å². The lowest BCUT2D eigenvalue weighted by Gasteiger charge is -2.18. The molecule has 20 heavy (non-hydrogen) atoms. The second-order valence-electron chi connectivity index (χ2n) is 4.66. The van der Waals surface area contributed by atoms with E-state index < -0.39 is 11.9 Å². The molecule has 2 amide bonds. The summed E-state index contributed by atoms with van der Waals surface area (Å²) >= 11 is 0. The van der Waals surface area contributed by atoms with E-state index in [-0.39, 0.29) is 23.8 Å². The van der Waals surface area contributed by atoms with Crippen molar-refractivity contribution in [1.29, 1.82) is 0 Å². The van der Waals surface area contributed by atoms with Crippen LogP contribution in [0, 0.1) is 0 Å². The number of amides is 2. The predicted molar refractivity (Wildman–Crippen MR) is 67.3 cm³/mol. The quantitative estimate of drug-likeness (QED) is 0.778. The number of piperidine rings is 1. The number of aromatic nitrogens is 2. The number of carbonyl (C=O) groups excluding carboxylic acids is 2. The number of carboxylic acids is 1. The number of nitrogens with zero attached hydrogens (tertiary/aromatic N) is 2. The SMILES string of the molecule is O=C1CCC(c2cc3cc(C(=O)O)ccn3n2)C(=O)N1. The molecular weight excluding hydrogens is 262 g/mol. The lowest BCUT2D eigenvalue weighted by molar-refractivity contribution is -0.134. The Hall–Kier alpha value is -2.70. The van der Waals surface area contributed by atoms with Crippen LogP contribution in [0.15, 0.2) is 24.4 Å². The van der Waals surface area contributed by atoms with Crippen LogP contribution < -0.4 is 5.32 Å². The first-order valence-electron chi connectivity index (χ1n) is 6.11. The first-order chi connectivity index (χ1) is 9.54. The number of hydrogen-bond donors (Lipinski definition) is 2. The maximum Gasteiger partial charge on any atom is 0.335 e. The van der Waals surface area contributed by atoms with Crippen LogP contribution in [0.5, 0.6) is 0 Å². The Morgan fingerprint density at radius 2 is 2.20 bits per heavy atom. The van der Waals surface area contributed by atoms with E-state index in [1.807, 2.05) is 0 Å². The zero-order chi connectivity index (χ0) is 14.3. The molecule has 0 bridgehead atoms. The second-order valence-corrected chi connectivity index (χ2v) is 4.66. The standard InChI is InChI=1S/C13H11N3O4/c17-11-2-1-9(12(18)14-11)10-6-8-5-7(13(19)20)3-4-16(8)15-10/h3-6,9H,1-2H2,(H,19,20)(H,14,17,18). The topological polar surface area (TPSA) is 101 Å². The second kappa shape index (κ2) is 4.44. The molecule has 0 spiro atoms. The number of aromatic carboxylic acids is 1. The van der Waals surface area contributed by atoms with E-state index in [2.05, 4.69) is 10.4 Å². The van der Waals surface area contributed by atoms with Crippen molar-refractivity contribution in [2.24, 2.45) is 0 Å². The minimum atomic E-state index is -1.02. The lowest BCUT2D eigenvalue weighted by atomic mass is 9.95. The van der Waals surface area contributed by atoms with Gasteiger partial charge in [0.1, 0.15) is 0 Å². The van der Waals surface area contributed by atoms with Crippen molar-refractivity contribution in [3.63, 3.8) is 0 Å². The third-order valence-electron chi connectivity index (χ3n) is 3.33. The minimum Gasteiger partial charge on any atom is -0.478 e. The normalized spacial score (nSPS) is 19.1. The Balaban J connectivity index is 1.98. The van der Waals surface area contributed by atoms with E-state index in [0.29, 0.717) is 17.6 Å². The van der Waals surface area contributed by atoms with Gasteiger partial charge in [-0.1, -0.05) is 0 Å². The van der Waals surface area contributed by atoms with Crippen LogP contribution in [-0.2, 0) is 9.59 Å². The highest BCUT2D eigenvalue weighted by Crippen LogP contribution is 2.24. The largest absolute Gasteiger partial charge is 0.478 e. The fraction of sp³-hybridized carbons (Fsp3) is 0.231. The van der Waals surface area contributed by atoms with Gasteiger partial charge in [-0.15, -0.1) is 0 Å². The molecule has 2 aromatic rings. The highest BCUT2D eigenvalue weighted by atomic mass is 16.4. The summed E-state index contributed by atoms with van der Waals surface area (Å²) in [6, 6.07) is 4.60. The fourth-order valence-electron chi connectivity index (χ4n) is 2.29. The van der Waals surface area contributed by atoms with E-state index in [9.17, 15) is 14.4 Å². The summed E-state index contributed by atoms with van der Waals surface area (Å²) in [5, 5.41) is 15.5. The van der Waals surface area contributed by atoms with Gasteiger partial charge in [-0.3, -0.25) is 14.9 Å². The van der Waals surface area contributed by atoms with Crippen LogP contribution in [0.3, 0.4) is 0 Å². The zero-order valence-corrected chi connectivity index (χ0v) is 10.4. The summed E-state index contributed by atoms with van der Waals surface area (Å²) in [4.78, 5) is 33.8. The molecule has 0 radical (unpaired) electrons. The van der Waals surface area contributed by atoms with E-state index in [1.165, 1.54) is 22.8 Å². The summed E-state index contributed by atoms with van der Waals surface area (Å²) in [6.45, 7) is 0. The van der Waals surface area contributed by atoms with Gasteiger partial charge in [0.05, 0.1) is 22.7 Å². The van der Waals surface area contributed by atoms with Gasteiger partial charge >= 0.3 is 5.97 Å². The summed E-state index contributed by atoms with van der Waals surface area (Å²) in [6.07, 6.45) is 2.24. The zero-order valence-electron chi connectivity index (χ0n) is 10.4. The van der Waals surface area contributed by atoms with Crippen molar-refractivity contribution in [2.75, 3.05) is 0 Å². The Kier molecular flexibility index (Phi) is 2.74. The number of carboxylic acid groups (broad SMARTS) is 1. The highest BCUT2D eigenvalue weighted by Gasteiger charge is 2.29. The number of carbonyl (C=O) groups is 3. The maximum atomic E-state index is 11.8. The van der Waals surface area contributed by atoms with Crippen molar-refractivity contribution < 1.29 is 19.5 Å².